The number of nitrogens with zero attached hydrogens (tertiary/aromatic N) is 3. The predicted molar refractivity (Wildman–Crippen MR) is 77.5 cm³/mol. The van der Waals surface area contributed by atoms with Crippen LogP contribution < -0.4 is 10.1 Å². The molecule has 1 aliphatic rings. The molecular weight excluding hydrogens is 294 g/mol. The van der Waals surface area contributed by atoms with Crippen molar-refractivity contribution in [3.63, 3.8) is 0 Å². The normalized spacial score (nSPS) is 17.2. The first-order valence-corrected chi connectivity index (χ1v) is 8.10. The van der Waals surface area contributed by atoms with Gasteiger partial charge >= 0.3 is 0 Å². The van der Waals surface area contributed by atoms with Crippen molar-refractivity contribution in [1.29, 1.82) is 0 Å². The van der Waals surface area contributed by atoms with Crippen molar-refractivity contribution >= 4 is 21.5 Å². The number of anilines is 1. The minimum absolute atomic E-state index is 0.104. The Labute approximate surface area is 122 Å². The van der Waals surface area contributed by atoms with Crippen LogP contribution in [-0.2, 0) is 14.8 Å². The van der Waals surface area contributed by atoms with Gasteiger partial charge < -0.3 is 10.1 Å². The van der Waals surface area contributed by atoms with Gasteiger partial charge in [0.05, 0.1) is 13.2 Å². The first kappa shape index (κ1) is 14.3. The zero-order valence-corrected chi connectivity index (χ0v) is 12.4. The van der Waals surface area contributed by atoms with Gasteiger partial charge in [-0.15, -0.1) is 4.83 Å². The van der Waals surface area contributed by atoms with E-state index < -0.39 is 10.0 Å². The van der Waals surface area contributed by atoms with Crippen LogP contribution >= 0.6 is 0 Å². The molecule has 1 saturated heterocycles. The van der Waals surface area contributed by atoms with E-state index in [1.807, 2.05) is 6.07 Å². The van der Waals surface area contributed by atoms with Gasteiger partial charge in [0.2, 0.25) is 0 Å². The maximum absolute atomic E-state index is 12.7. The summed E-state index contributed by atoms with van der Waals surface area (Å²) in [6, 6.07) is 5.34. The number of hydrazine groups is 1. The number of fused-ring (bicyclic) bond motifs is 1. The average molecular weight is 311 g/mol. The number of hydrogen-bond donors (Lipinski definition) is 2. The highest BCUT2D eigenvalue weighted by Gasteiger charge is 2.27. The highest BCUT2D eigenvalue weighted by Crippen LogP contribution is 2.22. The van der Waals surface area contributed by atoms with Gasteiger partial charge in [0, 0.05) is 26.3 Å². The van der Waals surface area contributed by atoms with Crippen LogP contribution in [0.4, 0.5) is 5.82 Å². The molecule has 2 N–H and O–H groups in total. The molecule has 1 fully saturated rings. The van der Waals surface area contributed by atoms with Crippen LogP contribution in [0.25, 0.3) is 5.65 Å². The molecular formula is C12H17N5O3S. The number of morpholine rings is 1. The van der Waals surface area contributed by atoms with Crippen LogP contribution in [0.1, 0.15) is 0 Å². The molecule has 8 nitrogen and oxygen atoms in total. The first-order chi connectivity index (χ1) is 10.1. The van der Waals surface area contributed by atoms with E-state index in [1.165, 1.54) is 0 Å². The Hall–Kier alpha value is -1.68. The fraction of sp³-hybridized carbons (Fsp3) is 0.417. The number of imidazole rings is 1. The largest absolute Gasteiger partial charge is 0.379 e. The highest BCUT2D eigenvalue weighted by atomic mass is 32.2. The molecule has 0 amide bonds. The van der Waals surface area contributed by atoms with E-state index >= 15 is 0 Å². The van der Waals surface area contributed by atoms with Crippen LogP contribution in [0.5, 0.6) is 0 Å². The van der Waals surface area contributed by atoms with Crippen LogP contribution in [0, 0.1) is 0 Å². The summed E-state index contributed by atoms with van der Waals surface area (Å²) in [5.41, 5.74) is 0.573. The Morgan fingerprint density at radius 3 is 2.76 bits per heavy atom. The van der Waals surface area contributed by atoms with Crippen molar-refractivity contribution in [3.8, 4) is 0 Å². The molecule has 0 saturated carbocycles. The van der Waals surface area contributed by atoms with E-state index in [2.05, 4.69) is 15.1 Å². The molecule has 0 atom stereocenters. The van der Waals surface area contributed by atoms with Crippen molar-refractivity contribution in [3.05, 3.63) is 24.4 Å². The Bertz CT molecular complexity index is 736. The van der Waals surface area contributed by atoms with E-state index in [0.717, 1.165) is 0 Å². The summed E-state index contributed by atoms with van der Waals surface area (Å²) in [7, 11) is -2.08. The van der Waals surface area contributed by atoms with Crippen LogP contribution in [0.2, 0.25) is 0 Å². The third kappa shape index (κ3) is 2.72. The van der Waals surface area contributed by atoms with E-state index in [0.29, 0.717) is 37.8 Å². The lowest BCUT2D eigenvalue weighted by molar-refractivity contribution is 0.0272. The van der Waals surface area contributed by atoms with Gasteiger partial charge in [-0.2, -0.15) is 0 Å². The Balaban J connectivity index is 2.01. The zero-order chi connectivity index (χ0) is 14.9. The summed E-state index contributed by atoms with van der Waals surface area (Å²) in [5, 5.41) is 4.58. The Morgan fingerprint density at radius 2 is 2.05 bits per heavy atom. The van der Waals surface area contributed by atoms with Gasteiger partial charge in [-0.3, -0.25) is 4.40 Å². The molecule has 0 aromatic carbocycles. The van der Waals surface area contributed by atoms with Crippen molar-refractivity contribution in [2.75, 3.05) is 38.7 Å². The summed E-state index contributed by atoms with van der Waals surface area (Å²) < 4.78 is 32.1. The third-order valence-corrected chi connectivity index (χ3v) is 4.64. The molecule has 0 radical (unpaired) electrons. The number of aromatic nitrogens is 2. The highest BCUT2D eigenvalue weighted by molar-refractivity contribution is 7.89. The van der Waals surface area contributed by atoms with Crippen LogP contribution in [0.15, 0.2) is 29.4 Å². The number of pyridine rings is 1. The van der Waals surface area contributed by atoms with Crippen LogP contribution in [0.3, 0.4) is 0 Å². The van der Waals surface area contributed by atoms with Gasteiger partial charge in [0.1, 0.15) is 5.65 Å². The molecule has 3 rings (SSSR count). The summed E-state index contributed by atoms with van der Waals surface area (Å²) >= 11 is 0. The second kappa shape index (κ2) is 5.60. The molecule has 0 spiro atoms. The van der Waals surface area contributed by atoms with E-state index in [9.17, 15) is 8.42 Å². The van der Waals surface area contributed by atoms with Gasteiger partial charge in [-0.1, -0.05) is 6.07 Å². The molecule has 1 aliphatic heterocycles. The maximum atomic E-state index is 12.7. The maximum Gasteiger partial charge on any atom is 0.273 e. The first-order valence-electron chi connectivity index (χ1n) is 6.62. The standard InChI is InChI=1S/C12H17N5O3S/c1-13-11-12(17-5-3-2-4-10(17)14-11)21(18,19)15-16-6-8-20-9-7-16/h2-5,13,15H,6-9H2,1H3. The molecule has 9 heteroatoms. The van der Waals surface area contributed by atoms with E-state index in [-0.39, 0.29) is 5.03 Å². The lowest BCUT2D eigenvalue weighted by Gasteiger charge is -2.26. The lowest BCUT2D eigenvalue weighted by Crippen LogP contribution is -2.48. The Morgan fingerprint density at radius 1 is 1.29 bits per heavy atom. The SMILES string of the molecule is CNc1nc2ccccn2c1S(=O)(=O)NN1CCOCC1. The quantitative estimate of drug-likeness (QED) is 0.820. The topological polar surface area (TPSA) is 88.0 Å². The average Bonchev–Trinajstić information content (AvgIpc) is 2.87. The molecule has 0 unspecified atom stereocenters. The summed E-state index contributed by atoms with van der Waals surface area (Å²) in [4.78, 5) is 6.87. The number of hydrogen-bond acceptors (Lipinski definition) is 6. The molecule has 2 aromatic heterocycles. The summed E-state index contributed by atoms with van der Waals surface area (Å²) in [5.74, 6) is 0.321. The van der Waals surface area contributed by atoms with Gasteiger partial charge in [-0.05, 0) is 12.1 Å². The number of rotatable bonds is 4. The van der Waals surface area contributed by atoms with Crippen molar-refractivity contribution in [2.45, 2.75) is 5.03 Å². The Kier molecular flexibility index (Phi) is 3.81. The molecule has 114 valence electrons. The minimum atomic E-state index is -3.73. The molecule has 2 aromatic rings. The monoisotopic (exact) mass is 311 g/mol. The number of nitrogens with one attached hydrogen (secondary N) is 2. The number of ether oxygens (including phenoxy) is 1. The lowest BCUT2D eigenvalue weighted by atomic mass is 10.5. The van der Waals surface area contributed by atoms with Gasteiger partial charge in [0.25, 0.3) is 10.0 Å². The smallest absolute Gasteiger partial charge is 0.273 e. The minimum Gasteiger partial charge on any atom is -0.379 e. The molecule has 0 aliphatic carbocycles. The van der Waals surface area contributed by atoms with E-state index in [4.69, 9.17) is 4.74 Å². The summed E-state index contributed by atoms with van der Waals surface area (Å²) in [6.07, 6.45) is 1.68. The third-order valence-electron chi connectivity index (χ3n) is 3.24. The van der Waals surface area contributed by atoms with E-state index in [1.54, 1.807) is 34.8 Å². The zero-order valence-electron chi connectivity index (χ0n) is 11.6. The van der Waals surface area contributed by atoms with Gasteiger partial charge in [-0.25, -0.2) is 18.4 Å². The fourth-order valence-electron chi connectivity index (χ4n) is 2.26. The van der Waals surface area contributed by atoms with Crippen molar-refractivity contribution in [1.82, 2.24) is 19.2 Å². The van der Waals surface area contributed by atoms with Crippen LogP contribution in [-0.4, -0.2) is 56.2 Å². The van der Waals surface area contributed by atoms with Crippen molar-refractivity contribution in [2.24, 2.45) is 0 Å². The number of sulfonamides is 1. The van der Waals surface area contributed by atoms with Gasteiger partial charge in [0.15, 0.2) is 10.8 Å². The predicted octanol–water partition coefficient (Wildman–Crippen LogP) is -0.0985. The second-order valence-electron chi connectivity index (χ2n) is 4.64. The molecule has 3 heterocycles. The second-order valence-corrected chi connectivity index (χ2v) is 6.21. The summed E-state index contributed by atoms with van der Waals surface area (Å²) in [6.45, 7) is 2.05. The van der Waals surface area contributed by atoms with Crippen molar-refractivity contribution < 1.29 is 13.2 Å². The molecule has 21 heavy (non-hydrogen) atoms. The fourth-order valence-corrected chi connectivity index (χ4v) is 3.69. The molecule has 0 bridgehead atoms.